The molecule has 0 bridgehead atoms. The zero-order chi connectivity index (χ0) is 8.48. The SMILES string of the molecule is CC1=C(C(C)(C)C)NC=CO1. The van der Waals surface area contributed by atoms with Crippen LogP contribution in [-0.4, -0.2) is 0 Å². The van der Waals surface area contributed by atoms with Gasteiger partial charge in [-0.2, -0.15) is 0 Å². The third-order valence-electron chi connectivity index (χ3n) is 1.64. The van der Waals surface area contributed by atoms with Crippen molar-refractivity contribution in [3.63, 3.8) is 0 Å². The Balaban J connectivity index is 2.85. The highest BCUT2D eigenvalue weighted by Crippen LogP contribution is 2.27. The van der Waals surface area contributed by atoms with Crippen molar-refractivity contribution in [2.75, 3.05) is 0 Å². The largest absolute Gasteiger partial charge is 0.466 e. The lowest BCUT2D eigenvalue weighted by Crippen LogP contribution is -2.24. The Labute approximate surface area is 67.9 Å². The Morgan fingerprint density at radius 3 is 2.36 bits per heavy atom. The van der Waals surface area contributed by atoms with Crippen molar-refractivity contribution in [2.45, 2.75) is 27.7 Å². The average molecular weight is 153 g/mol. The number of hydrogen-bond donors (Lipinski definition) is 1. The highest BCUT2D eigenvalue weighted by atomic mass is 16.5. The number of hydrogen-bond acceptors (Lipinski definition) is 2. The van der Waals surface area contributed by atoms with Crippen LogP contribution >= 0.6 is 0 Å². The molecule has 0 aromatic rings. The monoisotopic (exact) mass is 153 g/mol. The summed E-state index contributed by atoms with van der Waals surface area (Å²) in [6.45, 7) is 8.43. The summed E-state index contributed by atoms with van der Waals surface area (Å²) in [4.78, 5) is 0. The van der Waals surface area contributed by atoms with E-state index in [1.54, 1.807) is 6.26 Å². The van der Waals surface area contributed by atoms with Crippen molar-refractivity contribution in [1.29, 1.82) is 0 Å². The second kappa shape index (κ2) is 2.61. The van der Waals surface area contributed by atoms with Crippen molar-refractivity contribution in [3.05, 3.63) is 23.9 Å². The fourth-order valence-corrected chi connectivity index (χ4v) is 1.16. The molecule has 0 spiro atoms. The van der Waals surface area contributed by atoms with E-state index in [0.29, 0.717) is 0 Å². The molecule has 0 aromatic heterocycles. The van der Waals surface area contributed by atoms with Gasteiger partial charge < -0.3 is 10.1 Å². The van der Waals surface area contributed by atoms with Crippen LogP contribution in [0.15, 0.2) is 23.9 Å². The summed E-state index contributed by atoms with van der Waals surface area (Å²) in [7, 11) is 0. The van der Waals surface area contributed by atoms with Gasteiger partial charge in [0, 0.05) is 11.6 Å². The maximum atomic E-state index is 5.25. The van der Waals surface area contributed by atoms with E-state index in [2.05, 4.69) is 26.1 Å². The fourth-order valence-electron chi connectivity index (χ4n) is 1.16. The topological polar surface area (TPSA) is 21.3 Å². The van der Waals surface area contributed by atoms with Crippen LogP contribution in [0.4, 0.5) is 0 Å². The highest BCUT2D eigenvalue weighted by molar-refractivity contribution is 5.17. The second-order valence-electron chi connectivity index (χ2n) is 3.75. The molecule has 0 amide bonds. The van der Waals surface area contributed by atoms with Gasteiger partial charge >= 0.3 is 0 Å². The summed E-state index contributed by atoms with van der Waals surface area (Å²) in [5, 5.41) is 3.18. The van der Waals surface area contributed by atoms with E-state index >= 15 is 0 Å². The molecule has 0 atom stereocenters. The van der Waals surface area contributed by atoms with Crippen molar-refractivity contribution in [3.8, 4) is 0 Å². The molecule has 0 aliphatic carbocycles. The van der Waals surface area contributed by atoms with Crippen LogP contribution in [0.3, 0.4) is 0 Å². The minimum atomic E-state index is 0.134. The van der Waals surface area contributed by atoms with Crippen LogP contribution in [0.2, 0.25) is 0 Å². The minimum absolute atomic E-state index is 0.134. The van der Waals surface area contributed by atoms with Crippen molar-refractivity contribution >= 4 is 0 Å². The molecule has 1 aliphatic heterocycles. The van der Waals surface area contributed by atoms with E-state index in [-0.39, 0.29) is 5.41 Å². The molecule has 0 radical (unpaired) electrons. The number of nitrogens with one attached hydrogen (secondary N) is 1. The van der Waals surface area contributed by atoms with Crippen molar-refractivity contribution in [1.82, 2.24) is 5.32 Å². The number of ether oxygens (including phenoxy) is 1. The second-order valence-corrected chi connectivity index (χ2v) is 3.75. The van der Waals surface area contributed by atoms with Crippen molar-refractivity contribution in [2.24, 2.45) is 5.41 Å². The molecule has 2 heteroatoms. The summed E-state index contributed by atoms with van der Waals surface area (Å²) in [5.74, 6) is 0.958. The molecular formula is C9H15NO. The van der Waals surface area contributed by atoms with Gasteiger partial charge in [-0.3, -0.25) is 0 Å². The Morgan fingerprint density at radius 1 is 1.36 bits per heavy atom. The Kier molecular flexibility index (Phi) is 1.94. The molecule has 1 rings (SSSR count). The van der Waals surface area contributed by atoms with Gasteiger partial charge in [-0.1, -0.05) is 20.8 Å². The van der Waals surface area contributed by atoms with Crippen LogP contribution in [0.5, 0.6) is 0 Å². The van der Waals surface area contributed by atoms with Gasteiger partial charge in [-0.05, 0) is 6.92 Å². The van der Waals surface area contributed by atoms with Crippen LogP contribution in [0.1, 0.15) is 27.7 Å². The zero-order valence-corrected chi connectivity index (χ0v) is 7.56. The summed E-state index contributed by atoms with van der Waals surface area (Å²) in [6.07, 6.45) is 3.47. The van der Waals surface area contributed by atoms with Crippen LogP contribution < -0.4 is 5.32 Å². The summed E-state index contributed by atoms with van der Waals surface area (Å²) >= 11 is 0. The Morgan fingerprint density at radius 2 is 2.00 bits per heavy atom. The molecule has 0 unspecified atom stereocenters. The zero-order valence-electron chi connectivity index (χ0n) is 7.56. The molecule has 2 nitrogen and oxygen atoms in total. The Hall–Kier alpha value is -0.920. The van der Waals surface area contributed by atoms with Gasteiger partial charge in [0.05, 0.1) is 5.70 Å². The van der Waals surface area contributed by atoms with E-state index in [1.165, 1.54) is 0 Å². The average Bonchev–Trinajstić information content (AvgIpc) is 1.86. The highest BCUT2D eigenvalue weighted by Gasteiger charge is 2.20. The maximum Gasteiger partial charge on any atom is 0.120 e. The van der Waals surface area contributed by atoms with Gasteiger partial charge in [-0.15, -0.1) is 0 Å². The molecule has 62 valence electrons. The summed E-state index contributed by atoms with van der Waals surface area (Å²) in [6, 6.07) is 0. The third-order valence-corrected chi connectivity index (χ3v) is 1.64. The smallest absolute Gasteiger partial charge is 0.120 e. The first-order chi connectivity index (χ1) is 5.02. The first-order valence-electron chi connectivity index (χ1n) is 3.81. The molecule has 1 aliphatic rings. The minimum Gasteiger partial charge on any atom is -0.466 e. The van der Waals surface area contributed by atoms with Crippen LogP contribution in [-0.2, 0) is 4.74 Å². The van der Waals surface area contributed by atoms with Gasteiger partial charge in [0.15, 0.2) is 0 Å². The third kappa shape index (κ3) is 1.76. The van der Waals surface area contributed by atoms with E-state index in [4.69, 9.17) is 4.74 Å². The first kappa shape index (κ1) is 8.18. The lowest BCUT2D eigenvalue weighted by molar-refractivity contribution is 0.306. The predicted octanol–water partition coefficient (Wildman–Crippen LogP) is 2.36. The first-order valence-corrected chi connectivity index (χ1v) is 3.81. The predicted molar refractivity (Wildman–Crippen MR) is 45.5 cm³/mol. The van der Waals surface area contributed by atoms with Crippen LogP contribution in [0.25, 0.3) is 0 Å². The molecule has 11 heavy (non-hydrogen) atoms. The van der Waals surface area contributed by atoms with Crippen LogP contribution in [0, 0.1) is 5.41 Å². The van der Waals surface area contributed by atoms with E-state index in [9.17, 15) is 0 Å². The van der Waals surface area contributed by atoms with E-state index in [1.807, 2.05) is 13.1 Å². The van der Waals surface area contributed by atoms with E-state index < -0.39 is 0 Å². The van der Waals surface area contributed by atoms with Crippen molar-refractivity contribution < 1.29 is 4.74 Å². The normalized spacial score (nSPS) is 17.8. The van der Waals surface area contributed by atoms with E-state index in [0.717, 1.165) is 11.5 Å². The Bertz CT molecular complexity index is 208. The lowest BCUT2D eigenvalue weighted by atomic mass is 9.91. The standard InChI is InChI=1S/C9H15NO/c1-7-8(9(2,3)4)10-5-6-11-7/h5-6,10H,1-4H3. The maximum absolute atomic E-state index is 5.25. The molecule has 0 aromatic carbocycles. The van der Waals surface area contributed by atoms with Gasteiger partial charge in [0.2, 0.25) is 0 Å². The summed E-state index contributed by atoms with van der Waals surface area (Å²) < 4.78 is 5.25. The quantitative estimate of drug-likeness (QED) is 0.576. The molecular weight excluding hydrogens is 138 g/mol. The van der Waals surface area contributed by atoms with Gasteiger partial charge in [-0.25, -0.2) is 0 Å². The molecule has 1 N–H and O–H groups in total. The lowest BCUT2D eigenvalue weighted by Gasteiger charge is -2.26. The number of allylic oxidation sites excluding steroid dienone is 2. The summed E-state index contributed by atoms with van der Waals surface area (Å²) in [5.41, 5.74) is 1.29. The molecule has 0 fully saturated rings. The number of rotatable bonds is 0. The fraction of sp³-hybridized carbons (Fsp3) is 0.556. The van der Waals surface area contributed by atoms with Gasteiger partial charge in [0.25, 0.3) is 0 Å². The molecule has 0 saturated heterocycles. The molecule has 1 heterocycles. The molecule has 0 saturated carbocycles. The van der Waals surface area contributed by atoms with Gasteiger partial charge in [0.1, 0.15) is 12.0 Å².